The molecule has 2 atom stereocenters. The monoisotopic (exact) mass is 252 g/mol. The van der Waals surface area contributed by atoms with Gasteiger partial charge in [-0.3, -0.25) is 9.00 Å². The summed E-state index contributed by atoms with van der Waals surface area (Å²) in [6, 6.07) is 5.42. The van der Waals surface area contributed by atoms with E-state index in [0.717, 1.165) is 5.56 Å². The van der Waals surface area contributed by atoms with Gasteiger partial charge in [-0.1, -0.05) is 6.07 Å². The van der Waals surface area contributed by atoms with E-state index in [0.29, 0.717) is 23.5 Å². The van der Waals surface area contributed by atoms with Crippen molar-refractivity contribution in [2.24, 2.45) is 0 Å². The summed E-state index contributed by atoms with van der Waals surface area (Å²) in [5, 5.41) is -0.441. The number of amides is 1. The van der Waals surface area contributed by atoms with Gasteiger partial charge in [0.2, 0.25) is 5.91 Å². The highest BCUT2D eigenvalue weighted by Gasteiger charge is 2.35. The average Bonchev–Trinajstić information content (AvgIpc) is 2.62. The maximum atomic E-state index is 12.4. The molecule has 1 fully saturated rings. The van der Waals surface area contributed by atoms with E-state index in [1.165, 1.54) is 0 Å². The normalized spacial score (nSPS) is 21.9. The van der Waals surface area contributed by atoms with Crippen LogP contribution in [0.3, 0.4) is 0 Å². The Bertz CT molecular complexity index is 487. The van der Waals surface area contributed by atoms with Crippen molar-refractivity contribution in [2.45, 2.75) is 23.5 Å². The quantitative estimate of drug-likeness (QED) is 0.796. The molecule has 1 amide bonds. The number of nitrogens with zero attached hydrogens (tertiary/aromatic N) is 1. The lowest BCUT2D eigenvalue weighted by Crippen LogP contribution is -2.28. The van der Waals surface area contributed by atoms with E-state index < -0.39 is 16.0 Å². The molecule has 2 N–H and O–H groups in total. The van der Waals surface area contributed by atoms with Crippen LogP contribution in [0, 0.1) is 6.92 Å². The number of rotatable bonds is 2. The van der Waals surface area contributed by atoms with Crippen molar-refractivity contribution in [2.75, 3.05) is 19.3 Å². The predicted molar refractivity (Wildman–Crippen MR) is 68.0 cm³/mol. The van der Waals surface area contributed by atoms with Gasteiger partial charge in [0.05, 0.1) is 15.7 Å². The Morgan fingerprint density at radius 1 is 1.47 bits per heavy atom. The number of carbonyl (C=O) groups excluding carboxylic acids is 1. The summed E-state index contributed by atoms with van der Waals surface area (Å²) in [6.45, 7) is 2.59. The van der Waals surface area contributed by atoms with Crippen LogP contribution in [0.15, 0.2) is 23.1 Å². The minimum atomic E-state index is -1.35. The molecule has 0 saturated carbocycles. The van der Waals surface area contributed by atoms with Crippen LogP contribution in [0.25, 0.3) is 0 Å². The van der Waals surface area contributed by atoms with Crippen LogP contribution in [0.5, 0.6) is 0 Å². The number of likely N-dealkylation sites (tertiary alicyclic amines) is 1. The SMILES string of the molecule is Cc1ccc(N)c(S(=O)C2CCN(C)C2=O)c1. The van der Waals surface area contributed by atoms with Gasteiger partial charge in [0.25, 0.3) is 0 Å². The summed E-state index contributed by atoms with van der Waals surface area (Å²) in [4.78, 5) is 14.0. The minimum absolute atomic E-state index is 0.0516. The lowest BCUT2D eigenvalue weighted by Gasteiger charge is -2.12. The van der Waals surface area contributed by atoms with Crippen molar-refractivity contribution in [3.05, 3.63) is 23.8 Å². The van der Waals surface area contributed by atoms with Crippen molar-refractivity contribution in [1.82, 2.24) is 4.90 Å². The van der Waals surface area contributed by atoms with Crippen molar-refractivity contribution < 1.29 is 9.00 Å². The number of nitrogen functional groups attached to an aromatic ring is 1. The number of hydrogen-bond donors (Lipinski definition) is 1. The molecule has 1 saturated heterocycles. The second-order valence-electron chi connectivity index (χ2n) is 4.38. The molecule has 4 nitrogen and oxygen atoms in total. The predicted octanol–water partition coefficient (Wildman–Crippen LogP) is 0.916. The van der Waals surface area contributed by atoms with Gasteiger partial charge in [-0.2, -0.15) is 0 Å². The second kappa shape index (κ2) is 4.49. The Hall–Kier alpha value is -1.36. The van der Waals surface area contributed by atoms with Crippen molar-refractivity contribution in [1.29, 1.82) is 0 Å². The second-order valence-corrected chi connectivity index (χ2v) is 5.98. The van der Waals surface area contributed by atoms with Crippen molar-refractivity contribution >= 4 is 22.4 Å². The summed E-state index contributed by atoms with van der Waals surface area (Å²) >= 11 is 0. The first kappa shape index (κ1) is 12.1. The zero-order valence-electron chi connectivity index (χ0n) is 9.97. The highest BCUT2D eigenvalue weighted by Crippen LogP contribution is 2.25. The van der Waals surface area contributed by atoms with E-state index >= 15 is 0 Å². The lowest BCUT2D eigenvalue weighted by molar-refractivity contribution is -0.126. The number of anilines is 1. The van der Waals surface area contributed by atoms with Gasteiger partial charge in [-0.05, 0) is 31.0 Å². The molecule has 0 aliphatic carbocycles. The molecule has 2 unspecified atom stereocenters. The van der Waals surface area contributed by atoms with Crippen molar-refractivity contribution in [3.8, 4) is 0 Å². The fraction of sp³-hybridized carbons (Fsp3) is 0.417. The van der Waals surface area contributed by atoms with E-state index in [1.807, 2.05) is 13.0 Å². The minimum Gasteiger partial charge on any atom is -0.398 e. The molecule has 92 valence electrons. The van der Waals surface area contributed by atoms with Crippen LogP contribution in [0.4, 0.5) is 5.69 Å². The Labute approximate surface area is 103 Å². The molecule has 2 rings (SSSR count). The van der Waals surface area contributed by atoms with Gasteiger partial charge >= 0.3 is 0 Å². The van der Waals surface area contributed by atoms with Crippen LogP contribution < -0.4 is 5.73 Å². The zero-order chi connectivity index (χ0) is 12.6. The van der Waals surface area contributed by atoms with E-state index in [2.05, 4.69) is 0 Å². The van der Waals surface area contributed by atoms with Gasteiger partial charge in [0, 0.05) is 19.3 Å². The summed E-state index contributed by atoms with van der Waals surface area (Å²) in [5.41, 5.74) is 7.32. The average molecular weight is 252 g/mol. The van der Waals surface area contributed by atoms with E-state index in [4.69, 9.17) is 5.73 Å². The molecule has 0 aromatic heterocycles. The fourth-order valence-corrected chi connectivity index (χ4v) is 3.55. The maximum absolute atomic E-state index is 12.4. The van der Waals surface area contributed by atoms with E-state index in [1.54, 1.807) is 24.1 Å². The highest BCUT2D eigenvalue weighted by molar-refractivity contribution is 7.86. The van der Waals surface area contributed by atoms with E-state index in [9.17, 15) is 9.00 Å². The fourth-order valence-electron chi connectivity index (χ4n) is 1.96. The number of benzene rings is 1. The Morgan fingerprint density at radius 3 is 2.76 bits per heavy atom. The molecule has 1 aromatic rings. The molecular formula is C12H16N2O2S. The highest BCUT2D eigenvalue weighted by atomic mass is 32.2. The van der Waals surface area contributed by atoms with E-state index in [-0.39, 0.29) is 5.91 Å². The number of nitrogens with two attached hydrogens (primary N) is 1. The molecule has 0 radical (unpaired) electrons. The van der Waals surface area contributed by atoms with Crippen LogP contribution in [0.2, 0.25) is 0 Å². The van der Waals surface area contributed by atoms with Gasteiger partial charge in [-0.15, -0.1) is 0 Å². The summed E-state index contributed by atoms with van der Waals surface area (Å²) in [7, 11) is 0.388. The Balaban J connectivity index is 2.31. The molecule has 0 spiro atoms. The van der Waals surface area contributed by atoms with Gasteiger partial charge < -0.3 is 10.6 Å². The van der Waals surface area contributed by atoms with Gasteiger partial charge in [-0.25, -0.2) is 0 Å². The number of carbonyl (C=O) groups is 1. The number of hydrogen-bond acceptors (Lipinski definition) is 3. The first-order valence-corrected chi connectivity index (χ1v) is 6.73. The first-order valence-electron chi connectivity index (χ1n) is 5.52. The van der Waals surface area contributed by atoms with Crippen LogP contribution >= 0.6 is 0 Å². The van der Waals surface area contributed by atoms with Crippen LogP contribution in [-0.4, -0.2) is 33.9 Å². The molecule has 0 bridgehead atoms. The summed E-state index contributed by atoms with van der Waals surface area (Å²) < 4.78 is 12.4. The third kappa shape index (κ3) is 2.20. The van der Waals surface area contributed by atoms with Gasteiger partial charge in [0.1, 0.15) is 5.25 Å². The van der Waals surface area contributed by atoms with Crippen LogP contribution in [0.1, 0.15) is 12.0 Å². The van der Waals surface area contributed by atoms with Gasteiger partial charge in [0.15, 0.2) is 0 Å². The third-order valence-corrected chi connectivity index (χ3v) is 4.76. The summed E-state index contributed by atoms with van der Waals surface area (Å²) in [6.07, 6.45) is 0.634. The topological polar surface area (TPSA) is 63.4 Å². The zero-order valence-corrected chi connectivity index (χ0v) is 10.8. The molecule has 5 heteroatoms. The largest absolute Gasteiger partial charge is 0.398 e. The molecule has 1 aliphatic heterocycles. The number of aryl methyl sites for hydroxylation is 1. The Kier molecular flexibility index (Phi) is 3.19. The smallest absolute Gasteiger partial charge is 0.238 e. The first-order chi connectivity index (χ1) is 8.00. The molecule has 1 heterocycles. The molecular weight excluding hydrogens is 236 g/mol. The van der Waals surface area contributed by atoms with Crippen LogP contribution in [-0.2, 0) is 15.6 Å². The Morgan fingerprint density at radius 2 is 2.18 bits per heavy atom. The third-order valence-electron chi connectivity index (χ3n) is 3.02. The molecule has 1 aliphatic rings. The maximum Gasteiger partial charge on any atom is 0.238 e. The molecule has 17 heavy (non-hydrogen) atoms. The van der Waals surface area contributed by atoms with Crippen molar-refractivity contribution in [3.63, 3.8) is 0 Å². The standard InChI is InChI=1S/C12H16N2O2S/c1-8-3-4-9(13)11(7-8)17(16)10-5-6-14(2)12(10)15/h3-4,7,10H,5-6,13H2,1-2H3. The summed E-state index contributed by atoms with van der Waals surface area (Å²) in [5.74, 6) is -0.0516. The lowest BCUT2D eigenvalue weighted by atomic mass is 10.2. The molecule has 1 aromatic carbocycles.